The zero-order valence-electron chi connectivity index (χ0n) is 12.2. The summed E-state index contributed by atoms with van der Waals surface area (Å²) >= 11 is 0. The third kappa shape index (κ3) is 4.84. The van der Waals surface area contributed by atoms with E-state index in [1.807, 2.05) is 0 Å². The Bertz CT molecular complexity index is 492. The number of nitrogens with zero attached hydrogens (tertiary/aromatic N) is 2. The highest BCUT2D eigenvalue weighted by Gasteiger charge is 2.25. The average Bonchev–Trinajstić information content (AvgIpc) is 2.89. The normalized spacial score (nSPS) is 22.0. The third-order valence-electron chi connectivity index (χ3n) is 3.92. The number of nitrogens with one attached hydrogen (secondary N) is 1. The first kappa shape index (κ1) is 15.5. The molecule has 0 bridgehead atoms. The Hall–Kier alpha value is -1.92. The van der Waals surface area contributed by atoms with Gasteiger partial charge in [-0.25, -0.2) is 0 Å². The second-order valence-electron chi connectivity index (χ2n) is 5.60. The zero-order valence-corrected chi connectivity index (χ0v) is 12.2. The van der Waals surface area contributed by atoms with E-state index in [4.69, 9.17) is 9.63 Å². The fraction of sp³-hybridized carbons (Fsp3) is 0.714. The quantitative estimate of drug-likeness (QED) is 0.820. The monoisotopic (exact) mass is 295 g/mol. The van der Waals surface area contributed by atoms with Gasteiger partial charge in [0.2, 0.25) is 11.8 Å². The molecule has 0 radical (unpaired) electrons. The van der Waals surface area contributed by atoms with E-state index in [2.05, 4.69) is 15.5 Å². The molecule has 116 valence electrons. The van der Waals surface area contributed by atoms with Crippen molar-refractivity contribution in [3.8, 4) is 0 Å². The molecular weight excluding hydrogens is 274 g/mol. The summed E-state index contributed by atoms with van der Waals surface area (Å²) in [7, 11) is 0. The molecular formula is C14H21N3O4. The maximum absolute atomic E-state index is 11.7. The highest BCUT2D eigenvalue weighted by molar-refractivity contribution is 5.76. The molecule has 1 aliphatic rings. The number of hydrogen-bond donors (Lipinski definition) is 2. The topological polar surface area (TPSA) is 105 Å². The number of aromatic nitrogens is 2. The molecule has 0 unspecified atom stereocenters. The molecule has 2 N–H and O–H groups in total. The number of rotatable bonds is 6. The van der Waals surface area contributed by atoms with Crippen molar-refractivity contribution >= 4 is 11.9 Å². The highest BCUT2D eigenvalue weighted by atomic mass is 16.5. The van der Waals surface area contributed by atoms with Gasteiger partial charge in [0.25, 0.3) is 0 Å². The van der Waals surface area contributed by atoms with Gasteiger partial charge in [-0.3, -0.25) is 9.59 Å². The number of aryl methyl sites for hydroxylation is 2. The summed E-state index contributed by atoms with van der Waals surface area (Å²) in [5.41, 5.74) is 0. The van der Waals surface area contributed by atoms with E-state index < -0.39 is 5.97 Å². The fourth-order valence-corrected chi connectivity index (χ4v) is 2.62. The Kier molecular flexibility index (Phi) is 5.30. The van der Waals surface area contributed by atoms with Crippen molar-refractivity contribution < 1.29 is 19.2 Å². The molecule has 7 nitrogen and oxygen atoms in total. The lowest BCUT2D eigenvalue weighted by Gasteiger charge is -2.26. The van der Waals surface area contributed by atoms with E-state index in [-0.39, 0.29) is 11.8 Å². The van der Waals surface area contributed by atoms with Gasteiger partial charge in [-0.2, -0.15) is 4.98 Å². The van der Waals surface area contributed by atoms with Crippen molar-refractivity contribution in [2.45, 2.75) is 45.4 Å². The minimum Gasteiger partial charge on any atom is -0.481 e. The molecule has 1 aromatic rings. The number of carboxylic acid groups (broad SMARTS) is 1. The third-order valence-corrected chi connectivity index (χ3v) is 3.92. The Labute approximate surface area is 123 Å². The molecule has 2 rings (SSSR count). The summed E-state index contributed by atoms with van der Waals surface area (Å²) in [6.07, 6.45) is 3.90. The second kappa shape index (κ2) is 7.19. The highest BCUT2D eigenvalue weighted by Crippen LogP contribution is 2.28. The molecule has 0 aliphatic heterocycles. The van der Waals surface area contributed by atoms with Gasteiger partial charge >= 0.3 is 5.97 Å². The molecule has 1 amide bonds. The maximum Gasteiger partial charge on any atom is 0.306 e. The molecule has 1 aromatic heterocycles. The van der Waals surface area contributed by atoms with E-state index in [0.29, 0.717) is 49.9 Å². The van der Waals surface area contributed by atoms with Gasteiger partial charge in [0.05, 0.1) is 5.92 Å². The van der Waals surface area contributed by atoms with Crippen molar-refractivity contribution in [2.24, 2.45) is 11.8 Å². The Morgan fingerprint density at radius 3 is 2.62 bits per heavy atom. The van der Waals surface area contributed by atoms with Gasteiger partial charge in [-0.15, -0.1) is 0 Å². The van der Waals surface area contributed by atoms with E-state index in [1.165, 1.54) is 0 Å². The first-order valence-electron chi connectivity index (χ1n) is 7.33. The van der Waals surface area contributed by atoms with Crippen molar-refractivity contribution in [1.82, 2.24) is 15.5 Å². The summed E-state index contributed by atoms with van der Waals surface area (Å²) in [5, 5.41) is 15.5. The predicted molar refractivity (Wildman–Crippen MR) is 73.4 cm³/mol. The molecule has 21 heavy (non-hydrogen) atoms. The lowest BCUT2D eigenvalue weighted by atomic mass is 9.82. The minimum atomic E-state index is -0.702. The number of carbonyl (C=O) groups is 2. The second-order valence-corrected chi connectivity index (χ2v) is 5.60. The zero-order chi connectivity index (χ0) is 15.2. The fourth-order valence-electron chi connectivity index (χ4n) is 2.62. The van der Waals surface area contributed by atoms with E-state index in [1.54, 1.807) is 6.92 Å². The summed E-state index contributed by atoms with van der Waals surface area (Å²) in [5.74, 6) is 0.483. The Morgan fingerprint density at radius 1 is 1.33 bits per heavy atom. The maximum atomic E-state index is 11.7. The van der Waals surface area contributed by atoms with Crippen LogP contribution in [0.5, 0.6) is 0 Å². The lowest BCUT2D eigenvalue weighted by Crippen LogP contribution is -2.32. The van der Waals surface area contributed by atoms with Crippen LogP contribution in [-0.2, 0) is 16.0 Å². The predicted octanol–water partition coefficient (Wildman–Crippen LogP) is 1.32. The van der Waals surface area contributed by atoms with E-state index in [9.17, 15) is 9.59 Å². The van der Waals surface area contributed by atoms with Crippen LogP contribution < -0.4 is 5.32 Å². The van der Waals surface area contributed by atoms with Gasteiger partial charge in [0.15, 0.2) is 5.82 Å². The largest absolute Gasteiger partial charge is 0.481 e. The molecule has 1 saturated carbocycles. The molecule has 1 aliphatic carbocycles. The van der Waals surface area contributed by atoms with Crippen LogP contribution in [0.15, 0.2) is 4.52 Å². The lowest BCUT2D eigenvalue weighted by molar-refractivity contribution is -0.143. The van der Waals surface area contributed by atoms with E-state index >= 15 is 0 Å². The Morgan fingerprint density at radius 2 is 2.05 bits per heavy atom. The first-order chi connectivity index (χ1) is 10.0. The van der Waals surface area contributed by atoms with Crippen LogP contribution in [0.4, 0.5) is 0 Å². The standard InChI is InChI=1S/C14H21N3O4/c1-9-16-13(21-17-9)7-6-12(18)15-8-10-2-4-11(5-3-10)14(19)20/h10-11H,2-8H2,1H3,(H,15,18)(H,19,20). The number of amides is 1. The average molecular weight is 295 g/mol. The van der Waals surface area contributed by atoms with Gasteiger partial charge in [-0.1, -0.05) is 5.16 Å². The van der Waals surface area contributed by atoms with Crippen molar-refractivity contribution in [1.29, 1.82) is 0 Å². The smallest absolute Gasteiger partial charge is 0.306 e. The van der Waals surface area contributed by atoms with Crippen LogP contribution >= 0.6 is 0 Å². The summed E-state index contributed by atoms with van der Waals surface area (Å²) < 4.78 is 4.95. The molecule has 0 atom stereocenters. The first-order valence-corrected chi connectivity index (χ1v) is 7.33. The number of carbonyl (C=O) groups excluding carboxylic acids is 1. The summed E-state index contributed by atoms with van der Waals surface area (Å²) in [6, 6.07) is 0. The number of aliphatic carboxylic acids is 1. The molecule has 1 fully saturated rings. The van der Waals surface area contributed by atoms with Gasteiger partial charge in [-0.05, 0) is 38.5 Å². The van der Waals surface area contributed by atoms with Gasteiger partial charge in [0.1, 0.15) is 0 Å². The van der Waals surface area contributed by atoms with Crippen molar-refractivity contribution in [2.75, 3.05) is 6.54 Å². The molecule has 0 saturated heterocycles. The van der Waals surface area contributed by atoms with Crippen molar-refractivity contribution in [3.63, 3.8) is 0 Å². The molecule has 7 heteroatoms. The van der Waals surface area contributed by atoms with Gasteiger partial charge < -0.3 is 14.9 Å². The van der Waals surface area contributed by atoms with Crippen molar-refractivity contribution in [3.05, 3.63) is 11.7 Å². The number of hydrogen-bond acceptors (Lipinski definition) is 5. The van der Waals surface area contributed by atoms with Crippen LogP contribution in [-0.4, -0.2) is 33.7 Å². The molecule has 1 heterocycles. The molecule has 0 spiro atoms. The van der Waals surface area contributed by atoms with Crippen LogP contribution in [0.3, 0.4) is 0 Å². The van der Waals surface area contributed by atoms with Crippen LogP contribution in [0.1, 0.15) is 43.8 Å². The van der Waals surface area contributed by atoms with Crippen LogP contribution in [0.2, 0.25) is 0 Å². The van der Waals surface area contributed by atoms with Gasteiger partial charge in [0, 0.05) is 19.4 Å². The SMILES string of the molecule is Cc1noc(CCC(=O)NCC2CCC(C(=O)O)CC2)n1. The van der Waals surface area contributed by atoms with E-state index in [0.717, 1.165) is 12.8 Å². The summed E-state index contributed by atoms with van der Waals surface area (Å²) in [6.45, 7) is 2.36. The minimum absolute atomic E-state index is 0.0359. The van der Waals surface area contributed by atoms with Crippen LogP contribution in [0.25, 0.3) is 0 Å². The Balaban J connectivity index is 1.62. The molecule has 0 aromatic carbocycles. The van der Waals surface area contributed by atoms with Crippen LogP contribution in [0, 0.1) is 18.8 Å². The number of carboxylic acids is 1. The summed E-state index contributed by atoms with van der Waals surface area (Å²) in [4.78, 5) is 26.6.